The van der Waals surface area contributed by atoms with Gasteiger partial charge in [-0.3, -0.25) is 0 Å². The lowest BCUT2D eigenvalue weighted by molar-refractivity contribution is 0.0600. The fourth-order valence-electron chi connectivity index (χ4n) is 1.09. The lowest BCUT2D eigenvalue weighted by atomic mass is 10.1. The number of carbonyl (C=O) groups excluding carboxylic acids is 1. The third kappa shape index (κ3) is 3.77. The molecule has 0 amide bonds. The normalized spacial score (nSPS) is 11.2. The van der Waals surface area contributed by atoms with Gasteiger partial charge in [0.25, 0.3) is 0 Å². The molecule has 0 saturated carbocycles. The second-order valence-electron chi connectivity index (χ2n) is 2.98. The third-order valence-corrected chi connectivity index (χ3v) is 3.52. The number of benzene rings is 1. The first-order valence-corrected chi connectivity index (χ1v) is 7.39. The predicted octanol–water partition coefficient (Wildman–Crippen LogP) is 2.30. The molecule has 1 aromatic rings. The van der Waals surface area contributed by atoms with Crippen molar-refractivity contribution >= 4 is 41.6 Å². The first kappa shape index (κ1) is 13.5. The molecule has 16 heavy (non-hydrogen) atoms. The smallest absolute Gasteiger partial charge is 0.337 e. The van der Waals surface area contributed by atoms with Crippen LogP contribution in [-0.4, -0.2) is 21.5 Å². The van der Waals surface area contributed by atoms with Crippen molar-refractivity contribution in [3.63, 3.8) is 0 Å². The van der Waals surface area contributed by atoms with E-state index >= 15 is 0 Å². The van der Waals surface area contributed by atoms with Crippen LogP contribution in [0.3, 0.4) is 0 Å². The number of hydrogen-bond acceptors (Lipinski definition) is 4. The van der Waals surface area contributed by atoms with E-state index in [0.717, 1.165) is 0 Å². The van der Waals surface area contributed by atoms with Crippen LogP contribution in [0.4, 0.5) is 0 Å². The van der Waals surface area contributed by atoms with E-state index in [0.29, 0.717) is 15.6 Å². The van der Waals surface area contributed by atoms with Crippen molar-refractivity contribution in [2.45, 2.75) is 5.75 Å². The molecule has 0 bridgehead atoms. The summed E-state index contributed by atoms with van der Waals surface area (Å²) in [6.45, 7) is 0. The fraction of sp³-hybridized carbons (Fsp3) is 0.222. The Labute approximate surface area is 106 Å². The number of esters is 1. The number of ether oxygens (including phenoxy) is 1. The summed E-state index contributed by atoms with van der Waals surface area (Å²) in [4.78, 5) is 11.2. The summed E-state index contributed by atoms with van der Waals surface area (Å²) in [5.74, 6) is -0.780. The second kappa shape index (κ2) is 5.16. The second-order valence-corrected chi connectivity index (χ2v) is 6.61. The monoisotopic (exact) mass is 326 g/mol. The maximum absolute atomic E-state index is 11.2. The van der Waals surface area contributed by atoms with Crippen molar-refractivity contribution in [1.29, 1.82) is 0 Å². The molecule has 1 rings (SSSR count). The Bertz CT molecular complexity index is 512. The lowest BCUT2D eigenvalue weighted by Gasteiger charge is -2.04. The van der Waals surface area contributed by atoms with Crippen LogP contribution in [0, 0.1) is 0 Å². The summed E-state index contributed by atoms with van der Waals surface area (Å²) >= 11 is 3.17. The van der Waals surface area contributed by atoms with Gasteiger partial charge in [0.2, 0.25) is 9.05 Å². The minimum atomic E-state index is -3.61. The first-order chi connectivity index (χ1) is 7.33. The van der Waals surface area contributed by atoms with Crippen LogP contribution in [0.25, 0.3) is 0 Å². The van der Waals surface area contributed by atoms with Gasteiger partial charge in [0.05, 0.1) is 18.4 Å². The molecule has 0 saturated heterocycles. The Hall–Kier alpha value is -0.590. The van der Waals surface area contributed by atoms with Crippen LogP contribution in [0.15, 0.2) is 22.7 Å². The Kier molecular flexibility index (Phi) is 4.35. The molecule has 0 aliphatic carbocycles. The molecule has 0 aliphatic rings. The standard InChI is InChI=1S/C9H8BrClO4S/c1-15-9(12)6-2-3-7(8(10)4-6)5-16(11,13)14/h2-4H,5H2,1H3. The van der Waals surface area contributed by atoms with E-state index in [-0.39, 0.29) is 5.75 Å². The molecular weight excluding hydrogens is 320 g/mol. The molecule has 1 aromatic carbocycles. The number of hydrogen-bond donors (Lipinski definition) is 0. The van der Waals surface area contributed by atoms with Crippen molar-refractivity contribution < 1.29 is 17.9 Å². The zero-order valence-corrected chi connectivity index (χ0v) is 11.4. The SMILES string of the molecule is COC(=O)c1ccc(CS(=O)(=O)Cl)c(Br)c1. The first-order valence-electron chi connectivity index (χ1n) is 4.12. The lowest BCUT2D eigenvalue weighted by Crippen LogP contribution is -2.03. The van der Waals surface area contributed by atoms with Crippen LogP contribution >= 0.6 is 26.6 Å². The maximum Gasteiger partial charge on any atom is 0.337 e. The van der Waals surface area contributed by atoms with Gasteiger partial charge >= 0.3 is 5.97 Å². The van der Waals surface area contributed by atoms with Gasteiger partial charge in [-0.15, -0.1) is 0 Å². The summed E-state index contributed by atoms with van der Waals surface area (Å²) in [5.41, 5.74) is 0.827. The predicted molar refractivity (Wildman–Crippen MR) is 64.0 cm³/mol. The van der Waals surface area contributed by atoms with Crippen LogP contribution in [-0.2, 0) is 19.5 Å². The Morgan fingerprint density at radius 1 is 1.50 bits per heavy atom. The van der Waals surface area contributed by atoms with Gasteiger partial charge in [0.1, 0.15) is 0 Å². The number of methoxy groups -OCH3 is 1. The Morgan fingerprint density at radius 2 is 2.12 bits per heavy atom. The van der Waals surface area contributed by atoms with Crippen molar-refractivity contribution in [3.05, 3.63) is 33.8 Å². The molecule has 88 valence electrons. The highest BCUT2D eigenvalue weighted by Gasteiger charge is 2.13. The average Bonchev–Trinajstić information content (AvgIpc) is 2.18. The summed E-state index contributed by atoms with van der Waals surface area (Å²) < 4.78 is 26.8. The average molecular weight is 328 g/mol. The maximum atomic E-state index is 11.2. The molecule has 0 aromatic heterocycles. The largest absolute Gasteiger partial charge is 0.465 e. The zero-order valence-electron chi connectivity index (χ0n) is 8.24. The minimum absolute atomic E-state index is 0.295. The third-order valence-electron chi connectivity index (χ3n) is 1.80. The summed E-state index contributed by atoms with van der Waals surface area (Å²) in [6, 6.07) is 4.48. The summed E-state index contributed by atoms with van der Waals surface area (Å²) in [6.07, 6.45) is 0. The van der Waals surface area contributed by atoms with Gasteiger partial charge < -0.3 is 4.74 Å². The van der Waals surface area contributed by atoms with Crippen molar-refractivity contribution in [3.8, 4) is 0 Å². The Morgan fingerprint density at radius 3 is 2.56 bits per heavy atom. The molecule has 0 spiro atoms. The number of rotatable bonds is 3. The van der Waals surface area contributed by atoms with Crippen LogP contribution in [0.1, 0.15) is 15.9 Å². The van der Waals surface area contributed by atoms with Gasteiger partial charge in [-0.05, 0) is 17.7 Å². The molecule has 0 aliphatic heterocycles. The zero-order chi connectivity index (χ0) is 12.3. The number of carbonyl (C=O) groups is 1. The highest BCUT2D eigenvalue weighted by atomic mass is 79.9. The van der Waals surface area contributed by atoms with E-state index in [9.17, 15) is 13.2 Å². The van der Waals surface area contributed by atoms with Crippen LogP contribution < -0.4 is 0 Å². The molecule has 7 heteroatoms. The van der Waals surface area contributed by atoms with Gasteiger partial charge in [0.15, 0.2) is 0 Å². The minimum Gasteiger partial charge on any atom is -0.465 e. The molecule has 0 unspecified atom stereocenters. The highest BCUT2D eigenvalue weighted by Crippen LogP contribution is 2.22. The van der Waals surface area contributed by atoms with Crippen molar-refractivity contribution in [2.75, 3.05) is 7.11 Å². The Balaban J connectivity index is 3.05. The summed E-state index contributed by atoms with van der Waals surface area (Å²) in [7, 11) is 2.79. The van der Waals surface area contributed by atoms with Gasteiger partial charge in [-0.25, -0.2) is 13.2 Å². The summed E-state index contributed by atoms with van der Waals surface area (Å²) in [5, 5.41) is 0. The molecular formula is C9H8BrClO4S. The van der Waals surface area contributed by atoms with E-state index in [1.54, 1.807) is 0 Å². The highest BCUT2D eigenvalue weighted by molar-refractivity contribution is 9.10. The van der Waals surface area contributed by atoms with E-state index < -0.39 is 15.0 Å². The fourth-order valence-corrected chi connectivity index (χ4v) is 2.78. The number of halogens is 2. The van der Waals surface area contributed by atoms with E-state index in [4.69, 9.17) is 10.7 Å². The van der Waals surface area contributed by atoms with Crippen LogP contribution in [0.2, 0.25) is 0 Å². The van der Waals surface area contributed by atoms with Crippen molar-refractivity contribution in [1.82, 2.24) is 0 Å². The molecule has 4 nitrogen and oxygen atoms in total. The van der Waals surface area contributed by atoms with Gasteiger partial charge in [0, 0.05) is 15.2 Å². The molecule has 0 N–H and O–H groups in total. The van der Waals surface area contributed by atoms with E-state index in [1.165, 1.54) is 25.3 Å². The van der Waals surface area contributed by atoms with Gasteiger partial charge in [-0.1, -0.05) is 22.0 Å². The quantitative estimate of drug-likeness (QED) is 0.631. The molecule has 0 heterocycles. The molecule has 0 fully saturated rings. The van der Waals surface area contributed by atoms with E-state index in [2.05, 4.69) is 20.7 Å². The molecule has 0 radical (unpaired) electrons. The van der Waals surface area contributed by atoms with Gasteiger partial charge in [-0.2, -0.15) is 0 Å². The van der Waals surface area contributed by atoms with Crippen molar-refractivity contribution in [2.24, 2.45) is 0 Å². The van der Waals surface area contributed by atoms with Crippen LogP contribution in [0.5, 0.6) is 0 Å². The molecule has 0 atom stereocenters. The topological polar surface area (TPSA) is 60.4 Å². The van der Waals surface area contributed by atoms with E-state index in [1.807, 2.05) is 0 Å².